The van der Waals surface area contributed by atoms with Crippen LogP contribution in [0.4, 0.5) is 8.78 Å². The lowest BCUT2D eigenvalue weighted by Gasteiger charge is -2.46. The Balaban J connectivity index is 1.21. The van der Waals surface area contributed by atoms with Gasteiger partial charge in [-0.3, -0.25) is 9.80 Å². The Morgan fingerprint density at radius 1 is 1.24 bits per heavy atom. The summed E-state index contributed by atoms with van der Waals surface area (Å²) in [6, 6.07) is 7.52. The van der Waals surface area contributed by atoms with E-state index in [0.29, 0.717) is 37.4 Å². The van der Waals surface area contributed by atoms with Crippen molar-refractivity contribution in [3.63, 3.8) is 0 Å². The number of fused-ring (bicyclic) bond motifs is 2. The van der Waals surface area contributed by atoms with Crippen LogP contribution in [0.1, 0.15) is 50.4 Å². The van der Waals surface area contributed by atoms with E-state index in [-0.39, 0.29) is 18.6 Å². The predicted octanol–water partition coefficient (Wildman–Crippen LogP) is 2.61. The Morgan fingerprint density at radius 3 is 2.74 bits per heavy atom. The largest absolute Gasteiger partial charge is 0.457 e. The zero-order valence-corrected chi connectivity index (χ0v) is 18.8. The Kier molecular flexibility index (Phi) is 6.08. The lowest BCUT2D eigenvalue weighted by Crippen LogP contribution is -2.58. The van der Waals surface area contributed by atoms with Gasteiger partial charge in [-0.05, 0) is 41.8 Å². The number of cyclic esters (lactones) is 1. The van der Waals surface area contributed by atoms with Crippen LogP contribution in [-0.2, 0) is 16.1 Å². The van der Waals surface area contributed by atoms with Crippen LogP contribution >= 0.6 is 0 Å². The smallest absolute Gasteiger partial charge is 0.338 e. The topological polar surface area (TPSA) is 86.0 Å². The molecule has 0 radical (unpaired) electrons. The molecule has 0 saturated carbocycles. The Labute approximate surface area is 196 Å². The zero-order valence-electron chi connectivity index (χ0n) is 18.8. The fourth-order valence-electron chi connectivity index (χ4n) is 5.17. The van der Waals surface area contributed by atoms with E-state index in [4.69, 9.17) is 14.7 Å². The highest BCUT2D eigenvalue weighted by Gasteiger charge is 2.35. The first kappa shape index (κ1) is 22.9. The number of carbonyl (C=O) groups excluding carboxylic acids is 1. The molecule has 0 bridgehead atoms. The number of rotatable bonds is 4. The van der Waals surface area contributed by atoms with Gasteiger partial charge >= 0.3 is 5.97 Å². The summed E-state index contributed by atoms with van der Waals surface area (Å²) in [6.45, 7) is 5.68. The highest BCUT2D eigenvalue weighted by molar-refractivity contribution is 5.93. The van der Waals surface area contributed by atoms with Crippen molar-refractivity contribution in [2.45, 2.75) is 31.8 Å². The Hall–Kier alpha value is -2.90. The SMILES string of the molecule is Cc1c([C@@H](O)CN2CCN3C[C@@H](c4cc(F)c(C#N)c(F)c4)OC[C@@H]3C2)ccc2c1COC2=O. The number of β-amino-alcohol motifs (C(OH)–C–C–N with tert-alkyl or cyclic N) is 1. The summed E-state index contributed by atoms with van der Waals surface area (Å²) in [7, 11) is 0. The molecule has 3 aliphatic rings. The number of hydrogen-bond donors (Lipinski definition) is 1. The van der Waals surface area contributed by atoms with Crippen molar-refractivity contribution in [2.75, 3.05) is 39.3 Å². The lowest BCUT2D eigenvalue weighted by molar-refractivity contribution is -0.0938. The highest BCUT2D eigenvalue weighted by atomic mass is 19.1. The van der Waals surface area contributed by atoms with Crippen molar-refractivity contribution in [1.82, 2.24) is 9.80 Å². The molecule has 0 unspecified atom stereocenters. The van der Waals surface area contributed by atoms with Crippen LogP contribution < -0.4 is 0 Å². The third-order valence-corrected chi connectivity index (χ3v) is 7.12. The second-order valence-electron chi connectivity index (χ2n) is 9.10. The summed E-state index contributed by atoms with van der Waals surface area (Å²) in [6.07, 6.45) is -1.17. The molecule has 2 aromatic rings. The molecule has 5 rings (SSSR count). The number of aliphatic hydroxyl groups is 1. The average molecular weight is 469 g/mol. The molecular weight excluding hydrogens is 444 g/mol. The van der Waals surface area contributed by atoms with E-state index in [0.717, 1.165) is 29.8 Å². The van der Waals surface area contributed by atoms with Crippen LogP contribution in [-0.4, -0.2) is 66.2 Å². The predicted molar refractivity (Wildman–Crippen MR) is 117 cm³/mol. The van der Waals surface area contributed by atoms with Crippen LogP contribution in [0.5, 0.6) is 0 Å². The van der Waals surface area contributed by atoms with Crippen molar-refractivity contribution in [3.8, 4) is 6.07 Å². The maximum Gasteiger partial charge on any atom is 0.338 e. The third-order valence-electron chi connectivity index (χ3n) is 7.12. The number of aliphatic hydroxyl groups excluding tert-OH is 1. The zero-order chi connectivity index (χ0) is 24.0. The minimum Gasteiger partial charge on any atom is -0.457 e. The molecule has 0 spiro atoms. The van der Waals surface area contributed by atoms with Crippen LogP contribution in [0.2, 0.25) is 0 Å². The molecule has 2 saturated heterocycles. The number of nitriles is 1. The van der Waals surface area contributed by atoms with Crippen molar-refractivity contribution >= 4 is 5.97 Å². The molecule has 3 aliphatic heterocycles. The lowest BCUT2D eigenvalue weighted by atomic mass is 9.95. The van der Waals surface area contributed by atoms with Crippen LogP contribution in [0.25, 0.3) is 0 Å². The monoisotopic (exact) mass is 469 g/mol. The van der Waals surface area contributed by atoms with Gasteiger partial charge < -0.3 is 14.6 Å². The van der Waals surface area contributed by atoms with Gasteiger partial charge in [0, 0.05) is 44.3 Å². The number of carbonyl (C=O) groups is 1. The summed E-state index contributed by atoms with van der Waals surface area (Å²) in [5.74, 6) is -2.07. The van der Waals surface area contributed by atoms with E-state index < -0.39 is 29.4 Å². The molecule has 0 amide bonds. The van der Waals surface area contributed by atoms with Crippen molar-refractivity contribution in [2.24, 2.45) is 0 Å². The second-order valence-corrected chi connectivity index (χ2v) is 9.10. The molecule has 0 aromatic heterocycles. The number of hydrogen-bond acceptors (Lipinski definition) is 7. The third kappa shape index (κ3) is 4.07. The molecule has 7 nitrogen and oxygen atoms in total. The number of esters is 1. The molecule has 2 fully saturated rings. The van der Waals surface area contributed by atoms with Crippen molar-refractivity contribution in [1.29, 1.82) is 5.26 Å². The van der Waals surface area contributed by atoms with Crippen LogP contribution in [0.15, 0.2) is 24.3 Å². The summed E-state index contributed by atoms with van der Waals surface area (Å²) >= 11 is 0. The fourth-order valence-corrected chi connectivity index (χ4v) is 5.17. The average Bonchev–Trinajstić information content (AvgIpc) is 3.20. The van der Waals surface area contributed by atoms with Gasteiger partial charge in [-0.15, -0.1) is 0 Å². The van der Waals surface area contributed by atoms with Crippen LogP contribution in [0.3, 0.4) is 0 Å². The number of benzene rings is 2. The van der Waals surface area contributed by atoms with Crippen molar-refractivity contribution in [3.05, 3.63) is 69.3 Å². The number of piperazine rings is 1. The summed E-state index contributed by atoms with van der Waals surface area (Å²) < 4.78 is 39.1. The molecule has 3 atom stereocenters. The molecule has 178 valence electrons. The van der Waals surface area contributed by atoms with E-state index in [9.17, 15) is 18.7 Å². The normalized spacial score (nSPS) is 23.7. The van der Waals surface area contributed by atoms with E-state index in [1.807, 2.05) is 6.92 Å². The first-order chi connectivity index (χ1) is 16.4. The minimum atomic E-state index is -0.875. The van der Waals surface area contributed by atoms with Gasteiger partial charge in [-0.25, -0.2) is 13.6 Å². The number of halogens is 2. The number of nitrogens with zero attached hydrogens (tertiary/aromatic N) is 3. The summed E-state index contributed by atoms with van der Waals surface area (Å²) in [4.78, 5) is 16.2. The standard InChI is InChI=1S/C25H25F2N3O4/c1-14-17(2-3-18-20(14)13-34-25(18)32)23(31)10-29-4-5-30-11-24(33-12-16(30)9-29)15-6-21(26)19(8-28)22(27)7-15/h2-3,6-7,16,23-24,31H,4-5,9-13H2,1H3/t16-,23-,24-/m0/s1. The molecule has 2 aromatic carbocycles. The van der Waals surface area contributed by atoms with Gasteiger partial charge in [0.05, 0.1) is 24.4 Å². The number of morpholine rings is 1. The summed E-state index contributed by atoms with van der Waals surface area (Å²) in [5.41, 5.74) is 2.90. The molecule has 9 heteroatoms. The van der Waals surface area contributed by atoms with E-state index >= 15 is 0 Å². The van der Waals surface area contributed by atoms with Gasteiger partial charge in [0.15, 0.2) is 0 Å². The van der Waals surface area contributed by atoms with Crippen molar-refractivity contribution < 1.29 is 28.2 Å². The molecule has 0 aliphatic carbocycles. The molecular formula is C25H25F2N3O4. The Bertz CT molecular complexity index is 1160. The molecule has 1 N–H and O–H groups in total. The Morgan fingerprint density at radius 2 is 2.00 bits per heavy atom. The van der Waals surface area contributed by atoms with Gasteiger partial charge in [0.1, 0.15) is 29.9 Å². The van der Waals surface area contributed by atoms with E-state index in [1.165, 1.54) is 12.1 Å². The number of ether oxygens (including phenoxy) is 2. The van der Waals surface area contributed by atoms with Gasteiger partial charge in [0.25, 0.3) is 0 Å². The maximum absolute atomic E-state index is 14.0. The molecule has 34 heavy (non-hydrogen) atoms. The highest BCUT2D eigenvalue weighted by Crippen LogP contribution is 2.31. The molecule has 3 heterocycles. The van der Waals surface area contributed by atoms with Crippen LogP contribution in [0, 0.1) is 29.9 Å². The fraction of sp³-hybridized carbons (Fsp3) is 0.440. The minimum absolute atomic E-state index is 0.109. The van der Waals surface area contributed by atoms with Gasteiger partial charge in [-0.2, -0.15) is 5.26 Å². The quantitative estimate of drug-likeness (QED) is 0.689. The first-order valence-corrected chi connectivity index (χ1v) is 11.3. The maximum atomic E-state index is 14.0. The second kappa shape index (κ2) is 9.04. The van der Waals surface area contributed by atoms with Gasteiger partial charge in [-0.1, -0.05) is 6.07 Å². The van der Waals surface area contributed by atoms with Gasteiger partial charge in [0.2, 0.25) is 0 Å². The van der Waals surface area contributed by atoms with E-state index in [2.05, 4.69) is 9.80 Å². The van der Waals surface area contributed by atoms with E-state index in [1.54, 1.807) is 18.2 Å². The summed E-state index contributed by atoms with van der Waals surface area (Å²) in [5, 5.41) is 19.8. The first-order valence-electron chi connectivity index (χ1n) is 11.3.